The second-order valence-corrected chi connectivity index (χ2v) is 5.35. The van der Waals surface area contributed by atoms with E-state index >= 15 is 0 Å². The molecule has 0 saturated carbocycles. The van der Waals surface area contributed by atoms with Crippen molar-refractivity contribution < 1.29 is 14.3 Å². The summed E-state index contributed by atoms with van der Waals surface area (Å²) in [6.45, 7) is 6.04. The van der Waals surface area contributed by atoms with Crippen molar-refractivity contribution in [3.63, 3.8) is 0 Å². The fourth-order valence-electron chi connectivity index (χ4n) is 1.98. The lowest BCUT2D eigenvalue weighted by molar-refractivity contribution is -0.143. The number of ether oxygens (including phenoxy) is 1. The van der Waals surface area contributed by atoms with Crippen molar-refractivity contribution >= 4 is 17.7 Å². The number of rotatable bonds is 6. The maximum atomic E-state index is 11.9. The topological polar surface area (TPSA) is 67.4 Å². The van der Waals surface area contributed by atoms with Gasteiger partial charge in [-0.1, -0.05) is 32.9 Å². The van der Waals surface area contributed by atoms with Crippen LogP contribution in [-0.4, -0.2) is 25.2 Å². The molecule has 0 fully saturated rings. The predicted molar refractivity (Wildman–Crippen MR) is 83.2 cm³/mol. The number of hydrogen-bond acceptors (Lipinski definition) is 3. The summed E-state index contributed by atoms with van der Waals surface area (Å²) in [6, 6.07) is 6.56. The maximum Gasteiger partial charge on any atom is 0.328 e. The Bertz CT molecular complexity index is 469. The molecule has 5 heteroatoms. The van der Waals surface area contributed by atoms with Crippen LogP contribution in [0.15, 0.2) is 24.3 Å². The Labute approximate surface area is 126 Å². The molecule has 0 aliphatic carbocycles. The normalized spacial score (nSPS) is 11.9. The fourth-order valence-corrected chi connectivity index (χ4v) is 1.98. The third-order valence-electron chi connectivity index (χ3n) is 3.12. The zero-order valence-corrected chi connectivity index (χ0v) is 13.1. The average Bonchev–Trinajstić information content (AvgIpc) is 2.46. The van der Waals surface area contributed by atoms with Gasteiger partial charge in [-0.2, -0.15) is 0 Å². The summed E-state index contributed by atoms with van der Waals surface area (Å²) in [5.41, 5.74) is 1.89. The number of carbonyl (C=O) groups excluding carboxylic acids is 2. The van der Waals surface area contributed by atoms with Crippen molar-refractivity contribution in [2.45, 2.75) is 39.7 Å². The van der Waals surface area contributed by atoms with E-state index in [9.17, 15) is 9.59 Å². The molecule has 1 aromatic rings. The molecule has 116 valence electrons. The molecule has 5 nitrogen and oxygen atoms in total. The van der Waals surface area contributed by atoms with Crippen LogP contribution in [0.5, 0.6) is 0 Å². The molecule has 0 bridgehead atoms. The molecule has 1 aromatic carbocycles. The van der Waals surface area contributed by atoms with Crippen molar-refractivity contribution in [1.82, 2.24) is 5.32 Å². The number of benzene rings is 1. The van der Waals surface area contributed by atoms with Gasteiger partial charge in [0.05, 0.1) is 7.11 Å². The van der Waals surface area contributed by atoms with Crippen molar-refractivity contribution in [2.75, 3.05) is 12.4 Å². The third-order valence-corrected chi connectivity index (χ3v) is 3.12. The molecule has 0 radical (unpaired) electrons. The van der Waals surface area contributed by atoms with Crippen molar-refractivity contribution in [3.8, 4) is 0 Å². The van der Waals surface area contributed by atoms with Gasteiger partial charge < -0.3 is 15.4 Å². The summed E-state index contributed by atoms with van der Waals surface area (Å²) < 4.78 is 4.71. The van der Waals surface area contributed by atoms with E-state index < -0.39 is 18.0 Å². The number of nitrogens with one attached hydrogen (secondary N) is 2. The predicted octanol–water partition coefficient (Wildman–Crippen LogP) is 2.96. The van der Waals surface area contributed by atoms with E-state index in [1.54, 1.807) is 0 Å². The number of aryl methyl sites for hydroxylation is 1. The number of anilines is 1. The van der Waals surface area contributed by atoms with Crippen molar-refractivity contribution in [2.24, 2.45) is 5.92 Å². The summed E-state index contributed by atoms with van der Waals surface area (Å²) in [6.07, 6.45) is 1.49. The first-order valence-electron chi connectivity index (χ1n) is 7.20. The van der Waals surface area contributed by atoms with Gasteiger partial charge in [0, 0.05) is 5.69 Å². The van der Waals surface area contributed by atoms with E-state index in [4.69, 9.17) is 4.74 Å². The first-order chi connectivity index (χ1) is 9.96. The highest BCUT2D eigenvalue weighted by Gasteiger charge is 2.22. The zero-order valence-electron chi connectivity index (χ0n) is 13.1. The van der Waals surface area contributed by atoms with Crippen LogP contribution in [0.2, 0.25) is 0 Å². The number of urea groups is 1. The molecule has 0 heterocycles. The summed E-state index contributed by atoms with van der Waals surface area (Å²) in [7, 11) is 1.32. The van der Waals surface area contributed by atoms with Gasteiger partial charge in [0.1, 0.15) is 6.04 Å². The van der Waals surface area contributed by atoms with E-state index in [0.29, 0.717) is 12.1 Å². The van der Waals surface area contributed by atoms with Gasteiger partial charge in [-0.15, -0.1) is 0 Å². The second kappa shape index (κ2) is 8.29. The molecule has 2 amide bonds. The molecule has 21 heavy (non-hydrogen) atoms. The van der Waals surface area contributed by atoms with Crippen LogP contribution in [0.1, 0.15) is 32.8 Å². The average molecular weight is 292 g/mol. The van der Waals surface area contributed by atoms with Gasteiger partial charge in [0.25, 0.3) is 0 Å². The molecule has 1 unspecified atom stereocenters. The minimum absolute atomic E-state index is 0.276. The molecule has 0 saturated heterocycles. The lowest BCUT2D eigenvalue weighted by Gasteiger charge is -2.18. The third kappa shape index (κ3) is 5.85. The lowest BCUT2D eigenvalue weighted by atomic mass is 10.0. The molecule has 0 spiro atoms. The molecule has 0 aliphatic rings. The van der Waals surface area contributed by atoms with E-state index in [2.05, 4.69) is 17.6 Å². The lowest BCUT2D eigenvalue weighted by Crippen LogP contribution is -2.44. The van der Waals surface area contributed by atoms with Gasteiger partial charge in [0.2, 0.25) is 0 Å². The Morgan fingerprint density at radius 1 is 1.19 bits per heavy atom. The number of methoxy groups -OCH3 is 1. The van der Waals surface area contributed by atoms with Crippen LogP contribution in [0, 0.1) is 5.92 Å². The standard InChI is InChI=1S/C16H24N2O3/c1-5-12-6-8-13(9-7-12)17-16(20)18-14(10-11(2)3)15(19)21-4/h6-9,11,14H,5,10H2,1-4H3,(H2,17,18,20). The summed E-state index contributed by atoms with van der Waals surface area (Å²) in [5.74, 6) is -0.154. The zero-order chi connectivity index (χ0) is 15.8. The SMILES string of the molecule is CCc1ccc(NC(=O)NC(CC(C)C)C(=O)OC)cc1. The van der Waals surface area contributed by atoms with Gasteiger partial charge in [-0.3, -0.25) is 0 Å². The first kappa shape index (κ1) is 17.0. The van der Waals surface area contributed by atoms with E-state index in [0.717, 1.165) is 6.42 Å². The van der Waals surface area contributed by atoms with E-state index in [1.165, 1.54) is 12.7 Å². The Balaban J connectivity index is 2.61. The Morgan fingerprint density at radius 3 is 2.29 bits per heavy atom. The van der Waals surface area contributed by atoms with Crippen LogP contribution < -0.4 is 10.6 Å². The number of esters is 1. The van der Waals surface area contributed by atoms with Crippen LogP contribution in [0.3, 0.4) is 0 Å². The van der Waals surface area contributed by atoms with E-state index in [-0.39, 0.29) is 5.92 Å². The summed E-state index contributed by atoms with van der Waals surface area (Å²) in [4.78, 5) is 23.6. The molecule has 1 rings (SSSR count). The van der Waals surface area contributed by atoms with Gasteiger partial charge in [-0.05, 0) is 36.5 Å². The van der Waals surface area contributed by atoms with Crippen LogP contribution in [0.25, 0.3) is 0 Å². The molecule has 0 aromatic heterocycles. The van der Waals surface area contributed by atoms with Gasteiger partial charge in [-0.25, -0.2) is 9.59 Å². The molecule has 0 aliphatic heterocycles. The number of amides is 2. The fraction of sp³-hybridized carbons (Fsp3) is 0.500. The smallest absolute Gasteiger partial charge is 0.328 e. The molecular weight excluding hydrogens is 268 g/mol. The van der Waals surface area contributed by atoms with Crippen LogP contribution in [-0.2, 0) is 16.0 Å². The number of hydrogen-bond donors (Lipinski definition) is 2. The summed E-state index contributed by atoms with van der Waals surface area (Å²) in [5, 5.41) is 5.37. The largest absolute Gasteiger partial charge is 0.467 e. The van der Waals surface area contributed by atoms with Gasteiger partial charge in [0.15, 0.2) is 0 Å². The highest BCUT2D eigenvalue weighted by molar-refractivity contribution is 5.92. The van der Waals surface area contributed by atoms with Gasteiger partial charge >= 0.3 is 12.0 Å². The molecule has 2 N–H and O–H groups in total. The quantitative estimate of drug-likeness (QED) is 0.792. The first-order valence-corrected chi connectivity index (χ1v) is 7.20. The number of carbonyl (C=O) groups is 2. The maximum absolute atomic E-state index is 11.9. The molecular formula is C16H24N2O3. The highest BCUT2D eigenvalue weighted by Crippen LogP contribution is 2.11. The van der Waals surface area contributed by atoms with Crippen molar-refractivity contribution in [1.29, 1.82) is 0 Å². The molecule has 1 atom stereocenters. The Morgan fingerprint density at radius 2 is 1.81 bits per heavy atom. The summed E-state index contributed by atoms with van der Waals surface area (Å²) >= 11 is 0. The van der Waals surface area contributed by atoms with Crippen molar-refractivity contribution in [3.05, 3.63) is 29.8 Å². The van der Waals surface area contributed by atoms with Crippen LogP contribution >= 0.6 is 0 Å². The minimum Gasteiger partial charge on any atom is -0.467 e. The van der Waals surface area contributed by atoms with E-state index in [1.807, 2.05) is 38.1 Å². The monoisotopic (exact) mass is 292 g/mol. The van der Waals surface area contributed by atoms with Crippen LogP contribution in [0.4, 0.5) is 10.5 Å². The Hall–Kier alpha value is -2.04. The highest BCUT2D eigenvalue weighted by atomic mass is 16.5. The minimum atomic E-state index is -0.634. The Kier molecular flexibility index (Phi) is 6.72. The second-order valence-electron chi connectivity index (χ2n) is 5.35.